The molecule has 0 atom stereocenters. The maximum Gasteiger partial charge on any atom is 0.138 e. The molecule has 3 heteroatoms. The first kappa shape index (κ1) is 9.23. The van der Waals surface area contributed by atoms with Crippen LogP contribution in [0.15, 0.2) is 6.33 Å². The lowest BCUT2D eigenvalue weighted by Crippen LogP contribution is -2.19. The molecule has 0 fully saturated rings. The molecule has 0 bridgehead atoms. The third-order valence-corrected chi connectivity index (χ3v) is 1.80. The quantitative estimate of drug-likeness (QED) is 0.641. The van der Waals surface area contributed by atoms with Crippen LogP contribution in [0.5, 0.6) is 0 Å². The fourth-order valence-corrected chi connectivity index (χ4v) is 1.16. The van der Waals surface area contributed by atoms with Gasteiger partial charge in [0, 0.05) is 11.5 Å². The van der Waals surface area contributed by atoms with E-state index < -0.39 is 0 Å². The smallest absolute Gasteiger partial charge is 0.138 e. The van der Waals surface area contributed by atoms with E-state index in [2.05, 4.69) is 49.4 Å². The average Bonchev–Trinajstić information content (AvgIpc) is 2.30. The predicted octanol–water partition coefficient (Wildman–Crippen LogP) is 2.16. The molecule has 0 amide bonds. The lowest BCUT2D eigenvalue weighted by atomic mass is 9.95. The van der Waals surface area contributed by atoms with Crippen molar-refractivity contribution in [2.75, 3.05) is 0 Å². The van der Waals surface area contributed by atoms with Crippen LogP contribution in [-0.2, 0) is 5.41 Å². The van der Waals surface area contributed by atoms with Crippen LogP contribution in [0.4, 0.5) is 0 Å². The summed E-state index contributed by atoms with van der Waals surface area (Å²) in [6.45, 7) is 10.7. The SMILES string of the molecule is CC(C)n1cnnc1C(C)(C)C. The van der Waals surface area contributed by atoms with Crippen molar-refractivity contribution in [3.63, 3.8) is 0 Å². The normalized spacial score (nSPS) is 12.5. The molecule has 0 aliphatic rings. The number of aromatic nitrogens is 3. The zero-order chi connectivity index (χ0) is 9.35. The van der Waals surface area contributed by atoms with E-state index in [0.29, 0.717) is 6.04 Å². The van der Waals surface area contributed by atoms with Crippen molar-refractivity contribution in [1.29, 1.82) is 0 Å². The first-order valence-corrected chi connectivity index (χ1v) is 4.33. The van der Waals surface area contributed by atoms with E-state index in [-0.39, 0.29) is 5.41 Å². The molecule has 3 nitrogen and oxygen atoms in total. The Hall–Kier alpha value is -0.860. The second-order valence-corrected chi connectivity index (χ2v) is 4.41. The van der Waals surface area contributed by atoms with Crippen molar-refractivity contribution >= 4 is 0 Å². The van der Waals surface area contributed by atoms with Crippen molar-refractivity contribution in [1.82, 2.24) is 14.8 Å². The highest BCUT2D eigenvalue weighted by Gasteiger charge is 2.21. The maximum atomic E-state index is 4.12. The van der Waals surface area contributed by atoms with Gasteiger partial charge in [-0.2, -0.15) is 0 Å². The Morgan fingerprint density at radius 1 is 1.33 bits per heavy atom. The second kappa shape index (κ2) is 2.88. The van der Waals surface area contributed by atoms with Gasteiger partial charge in [0.15, 0.2) is 0 Å². The Bertz CT molecular complexity index is 255. The molecule has 0 aromatic carbocycles. The molecule has 1 heterocycles. The van der Waals surface area contributed by atoms with E-state index >= 15 is 0 Å². The zero-order valence-corrected chi connectivity index (χ0v) is 8.50. The van der Waals surface area contributed by atoms with E-state index in [0.717, 1.165) is 5.82 Å². The molecule has 12 heavy (non-hydrogen) atoms. The van der Waals surface area contributed by atoms with Crippen LogP contribution in [0.25, 0.3) is 0 Å². The van der Waals surface area contributed by atoms with E-state index in [1.807, 2.05) is 0 Å². The fraction of sp³-hybridized carbons (Fsp3) is 0.778. The summed E-state index contributed by atoms with van der Waals surface area (Å²) in [5, 5.41) is 8.04. The van der Waals surface area contributed by atoms with Gasteiger partial charge in [0.25, 0.3) is 0 Å². The third-order valence-electron chi connectivity index (χ3n) is 1.80. The number of hydrogen-bond donors (Lipinski definition) is 0. The van der Waals surface area contributed by atoms with Gasteiger partial charge >= 0.3 is 0 Å². The van der Waals surface area contributed by atoms with Gasteiger partial charge in [-0.05, 0) is 13.8 Å². The summed E-state index contributed by atoms with van der Waals surface area (Å²) < 4.78 is 2.11. The van der Waals surface area contributed by atoms with Crippen molar-refractivity contribution < 1.29 is 0 Å². The summed E-state index contributed by atoms with van der Waals surface area (Å²) in [5.74, 6) is 1.05. The summed E-state index contributed by atoms with van der Waals surface area (Å²) in [4.78, 5) is 0. The zero-order valence-electron chi connectivity index (χ0n) is 8.50. The molecule has 0 saturated heterocycles. The molecular weight excluding hydrogens is 150 g/mol. The van der Waals surface area contributed by atoms with E-state index in [1.54, 1.807) is 6.33 Å². The van der Waals surface area contributed by atoms with Crippen LogP contribution in [0.3, 0.4) is 0 Å². The second-order valence-electron chi connectivity index (χ2n) is 4.41. The Morgan fingerprint density at radius 3 is 2.25 bits per heavy atom. The highest BCUT2D eigenvalue weighted by Crippen LogP contribution is 2.21. The Labute approximate surface area is 73.8 Å². The lowest BCUT2D eigenvalue weighted by Gasteiger charge is -2.20. The number of rotatable bonds is 1. The van der Waals surface area contributed by atoms with Crippen LogP contribution in [-0.4, -0.2) is 14.8 Å². The van der Waals surface area contributed by atoms with Gasteiger partial charge in [0.2, 0.25) is 0 Å². The Morgan fingerprint density at radius 2 is 1.92 bits per heavy atom. The molecule has 0 aliphatic heterocycles. The van der Waals surface area contributed by atoms with Gasteiger partial charge in [-0.15, -0.1) is 10.2 Å². The molecule has 1 aromatic rings. The van der Waals surface area contributed by atoms with Gasteiger partial charge < -0.3 is 4.57 Å². The van der Waals surface area contributed by atoms with Crippen LogP contribution < -0.4 is 0 Å². The highest BCUT2D eigenvalue weighted by atomic mass is 15.3. The standard InChI is InChI=1S/C9H17N3/c1-7(2)12-6-10-11-8(12)9(3,4)5/h6-7H,1-5H3. The molecule has 0 N–H and O–H groups in total. The van der Waals surface area contributed by atoms with Gasteiger partial charge in [0.1, 0.15) is 12.2 Å². The van der Waals surface area contributed by atoms with Crippen molar-refractivity contribution in [2.45, 2.75) is 46.1 Å². The van der Waals surface area contributed by atoms with E-state index in [1.165, 1.54) is 0 Å². The lowest BCUT2D eigenvalue weighted by molar-refractivity contribution is 0.469. The molecular formula is C9H17N3. The maximum absolute atomic E-state index is 4.12. The molecule has 0 unspecified atom stereocenters. The van der Waals surface area contributed by atoms with Crippen LogP contribution >= 0.6 is 0 Å². The highest BCUT2D eigenvalue weighted by molar-refractivity contribution is 5.02. The molecule has 1 rings (SSSR count). The van der Waals surface area contributed by atoms with Gasteiger partial charge in [-0.3, -0.25) is 0 Å². The fourth-order valence-electron chi connectivity index (χ4n) is 1.16. The van der Waals surface area contributed by atoms with E-state index in [4.69, 9.17) is 0 Å². The van der Waals surface area contributed by atoms with Crippen LogP contribution in [0.2, 0.25) is 0 Å². The minimum atomic E-state index is 0.0841. The molecule has 0 saturated carbocycles. The molecule has 0 spiro atoms. The largest absolute Gasteiger partial charge is 0.315 e. The molecule has 0 aliphatic carbocycles. The van der Waals surface area contributed by atoms with Crippen molar-refractivity contribution in [2.24, 2.45) is 0 Å². The molecule has 0 radical (unpaired) electrons. The topological polar surface area (TPSA) is 30.7 Å². The summed E-state index contributed by atoms with van der Waals surface area (Å²) in [7, 11) is 0. The Balaban J connectivity index is 3.08. The number of hydrogen-bond acceptors (Lipinski definition) is 2. The van der Waals surface area contributed by atoms with Crippen molar-refractivity contribution in [3.8, 4) is 0 Å². The summed E-state index contributed by atoms with van der Waals surface area (Å²) in [5.41, 5.74) is 0.0841. The van der Waals surface area contributed by atoms with Gasteiger partial charge in [-0.25, -0.2) is 0 Å². The molecule has 1 aromatic heterocycles. The first-order chi connectivity index (χ1) is 5.43. The number of nitrogens with zero attached hydrogens (tertiary/aromatic N) is 3. The van der Waals surface area contributed by atoms with Gasteiger partial charge in [-0.1, -0.05) is 20.8 Å². The minimum absolute atomic E-state index is 0.0841. The first-order valence-electron chi connectivity index (χ1n) is 4.33. The van der Waals surface area contributed by atoms with Crippen molar-refractivity contribution in [3.05, 3.63) is 12.2 Å². The molecule has 68 valence electrons. The summed E-state index contributed by atoms with van der Waals surface area (Å²) in [6, 6.07) is 0.439. The third kappa shape index (κ3) is 1.65. The van der Waals surface area contributed by atoms with Gasteiger partial charge in [0.05, 0.1) is 0 Å². The average molecular weight is 167 g/mol. The Kier molecular flexibility index (Phi) is 2.22. The van der Waals surface area contributed by atoms with Crippen LogP contribution in [0.1, 0.15) is 46.5 Å². The monoisotopic (exact) mass is 167 g/mol. The predicted molar refractivity (Wildman–Crippen MR) is 49.1 cm³/mol. The van der Waals surface area contributed by atoms with Crippen LogP contribution in [0, 0.1) is 0 Å². The van der Waals surface area contributed by atoms with E-state index in [9.17, 15) is 0 Å². The minimum Gasteiger partial charge on any atom is -0.315 e. The summed E-state index contributed by atoms with van der Waals surface area (Å²) in [6.07, 6.45) is 1.80. The summed E-state index contributed by atoms with van der Waals surface area (Å²) >= 11 is 0.